The predicted octanol–water partition coefficient (Wildman–Crippen LogP) is 3.71. The number of nitrogens with zero attached hydrogens (tertiary/aromatic N) is 2. The lowest BCUT2D eigenvalue weighted by atomic mass is 10.1. The first kappa shape index (κ1) is 21.7. The van der Waals surface area contributed by atoms with Crippen molar-refractivity contribution in [1.82, 2.24) is 9.47 Å². The summed E-state index contributed by atoms with van der Waals surface area (Å²) in [5.41, 5.74) is 3.08. The minimum absolute atomic E-state index is 0.0287. The molecule has 0 radical (unpaired) electrons. The number of carbonyl (C=O) groups excluding carboxylic acids is 2. The summed E-state index contributed by atoms with van der Waals surface area (Å²) in [6, 6.07) is 6.87. The highest BCUT2D eigenvalue weighted by Gasteiger charge is 2.18. The largest absolute Gasteiger partial charge is 0.495 e. The highest BCUT2D eigenvalue weighted by Crippen LogP contribution is 2.27. The predicted molar refractivity (Wildman–Crippen MR) is 113 cm³/mol. The Balaban J connectivity index is 2.00. The Morgan fingerprint density at radius 3 is 2.64 bits per heavy atom. The molecule has 0 aliphatic carbocycles. The maximum Gasteiger partial charge on any atom is 0.238 e. The number of amides is 1. The standard InChI is InChI=1S/C21H26ClN3O3/c1-6-9-25-14(2)10-17(15(25)3)19(26)12-24(4)13-21(27)23-18-11-16(22)7-8-20(18)28-5/h6-8,10-11H,1,9,12-13H2,2-5H3,(H,23,27). The quantitative estimate of drug-likeness (QED) is 0.512. The molecule has 0 fully saturated rings. The molecule has 6 nitrogen and oxygen atoms in total. The van der Waals surface area contributed by atoms with Crippen molar-refractivity contribution in [2.45, 2.75) is 20.4 Å². The Morgan fingerprint density at radius 1 is 1.29 bits per heavy atom. The molecule has 1 aromatic carbocycles. The van der Waals surface area contributed by atoms with Crippen LogP contribution in [0.4, 0.5) is 5.69 Å². The van der Waals surface area contributed by atoms with Crippen LogP contribution >= 0.6 is 11.6 Å². The number of halogens is 1. The summed E-state index contributed by atoms with van der Waals surface area (Å²) in [6.45, 7) is 8.49. The molecule has 0 unspecified atom stereocenters. The number of aryl methyl sites for hydroxylation is 1. The average molecular weight is 404 g/mol. The number of carbonyl (C=O) groups is 2. The van der Waals surface area contributed by atoms with Crippen LogP contribution in [0.25, 0.3) is 0 Å². The van der Waals surface area contributed by atoms with Crippen LogP contribution < -0.4 is 10.1 Å². The first-order valence-electron chi connectivity index (χ1n) is 8.89. The van der Waals surface area contributed by atoms with Gasteiger partial charge in [0.2, 0.25) is 5.91 Å². The number of nitrogens with one attached hydrogen (secondary N) is 1. The van der Waals surface area contributed by atoms with Gasteiger partial charge in [-0.1, -0.05) is 17.7 Å². The molecule has 1 N–H and O–H groups in total. The summed E-state index contributed by atoms with van der Waals surface area (Å²) in [6.07, 6.45) is 1.80. The van der Waals surface area contributed by atoms with E-state index in [0.717, 1.165) is 11.4 Å². The molecule has 150 valence electrons. The maximum atomic E-state index is 12.7. The second kappa shape index (κ2) is 9.57. The number of methoxy groups -OCH3 is 1. The number of rotatable bonds is 9. The van der Waals surface area contributed by atoms with Crippen LogP contribution in [0.5, 0.6) is 5.75 Å². The Labute approximate surface area is 170 Å². The van der Waals surface area contributed by atoms with E-state index in [-0.39, 0.29) is 24.8 Å². The van der Waals surface area contributed by atoms with Crippen LogP contribution in [0, 0.1) is 13.8 Å². The first-order chi connectivity index (χ1) is 13.3. The molecule has 0 aliphatic heterocycles. The average Bonchev–Trinajstić information content (AvgIpc) is 2.90. The Hall–Kier alpha value is -2.57. The fraction of sp³-hybridized carbons (Fsp3) is 0.333. The van der Waals surface area contributed by atoms with Gasteiger partial charge in [0.15, 0.2) is 5.78 Å². The lowest BCUT2D eigenvalue weighted by Gasteiger charge is -2.16. The van der Waals surface area contributed by atoms with Crippen LogP contribution in [0.1, 0.15) is 21.7 Å². The summed E-state index contributed by atoms with van der Waals surface area (Å²) in [7, 11) is 3.25. The third-order valence-corrected chi connectivity index (χ3v) is 4.68. The number of anilines is 1. The van der Waals surface area contributed by atoms with Gasteiger partial charge in [0.25, 0.3) is 0 Å². The number of ketones is 1. The van der Waals surface area contributed by atoms with Crippen molar-refractivity contribution in [1.29, 1.82) is 0 Å². The molecule has 7 heteroatoms. The molecular weight excluding hydrogens is 378 g/mol. The van der Waals surface area contributed by atoms with Crippen LogP contribution in [0.3, 0.4) is 0 Å². The minimum atomic E-state index is -0.256. The second-order valence-electron chi connectivity index (χ2n) is 6.67. The van der Waals surface area contributed by atoms with E-state index < -0.39 is 0 Å². The molecule has 2 rings (SSSR count). The highest BCUT2D eigenvalue weighted by molar-refractivity contribution is 6.31. The van der Waals surface area contributed by atoms with E-state index in [1.165, 1.54) is 7.11 Å². The van der Waals surface area contributed by atoms with Crippen LogP contribution in [0.15, 0.2) is 36.9 Å². The molecule has 0 aliphatic rings. The van der Waals surface area contributed by atoms with E-state index in [4.69, 9.17) is 16.3 Å². The molecule has 28 heavy (non-hydrogen) atoms. The Morgan fingerprint density at radius 2 is 2.00 bits per heavy atom. The fourth-order valence-electron chi connectivity index (χ4n) is 3.09. The summed E-state index contributed by atoms with van der Waals surface area (Å²) >= 11 is 5.98. The van der Waals surface area contributed by atoms with E-state index in [1.807, 2.05) is 24.5 Å². The molecule has 1 aromatic heterocycles. The molecule has 0 bridgehead atoms. The van der Waals surface area contributed by atoms with E-state index >= 15 is 0 Å². The summed E-state index contributed by atoms with van der Waals surface area (Å²) < 4.78 is 7.26. The third-order valence-electron chi connectivity index (χ3n) is 4.45. The number of benzene rings is 1. The van der Waals surface area contributed by atoms with Gasteiger partial charge in [-0.3, -0.25) is 14.5 Å². The highest BCUT2D eigenvalue weighted by atomic mass is 35.5. The van der Waals surface area contributed by atoms with Crippen molar-refractivity contribution in [3.05, 3.63) is 58.9 Å². The molecule has 2 aromatic rings. The van der Waals surface area contributed by atoms with Crippen molar-refractivity contribution >= 4 is 29.0 Å². The summed E-state index contributed by atoms with van der Waals surface area (Å²) in [4.78, 5) is 26.7. The number of aromatic nitrogens is 1. The Bertz CT molecular complexity index is 889. The molecule has 0 saturated carbocycles. The van der Waals surface area contributed by atoms with Crippen molar-refractivity contribution in [3.8, 4) is 5.75 Å². The van der Waals surface area contributed by atoms with Gasteiger partial charge in [-0.2, -0.15) is 0 Å². The zero-order chi connectivity index (χ0) is 20.8. The van der Waals surface area contributed by atoms with Gasteiger partial charge in [-0.05, 0) is 45.2 Å². The second-order valence-corrected chi connectivity index (χ2v) is 7.11. The maximum absolute atomic E-state index is 12.7. The smallest absolute Gasteiger partial charge is 0.238 e. The van der Waals surface area contributed by atoms with Crippen molar-refractivity contribution in [2.75, 3.05) is 32.6 Å². The molecular formula is C21H26ClN3O3. The minimum Gasteiger partial charge on any atom is -0.495 e. The fourth-order valence-corrected chi connectivity index (χ4v) is 3.26. The van der Waals surface area contributed by atoms with Gasteiger partial charge in [0.05, 0.1) is 25.9 Å². The monoisotopic (exact) mass is 403 g/mol. The molecule has 1 heterocycles. The number of allylic oxidation sites excluding steroid dienone is 1. The Kier molecular flexibility index (Phi) is 7.43. The third kappa shape index (κ3) is 5.24. The molecule has 0 spiro atoms. The number of ether oxygens (including phenoxy) is 1. The van der Waals surface area contributed by atoms with Crippen LogP contribution in [0.2, 0.25) is 5.02 Å². The van der Waals surface area contributed by atoms with Crippen molar-refractivity contribution in [2.24, 2.45) is 0 Å². The van der Waals surface area contributed by atoms with E-state index in [2.05, 4.69) is 11.9 Å². The van der Waals surface area contributed by atoms with Gasteiger partial charge in [-0.15, -0.1) is 6.58 Å². The van der Waals surface area contributed by atoms with Crippen molar-refractivity contribution in [3.63, 3.8) is 0 Å². The van der Waals surface area contributed by atoms with E-state index in [0.29, 0.717) is 28.6 Å². The number of Topliss-reactive ketones (excluding diaryl/α,β-unsaturated/α-hetero) is 1. The summed E-state index contributed by atoms with van der Waals surface area (Å²) in [5.74, 6) is 0.234. The van der Waals surface area contributed by atoms with E-state index in [9.17, 15) is 9.59 Å². The van der Waals surface area contributed by atoms with Gasteiger partial charge >= 0.3 is 0 Å². The molecule has 0 saturated heterocycles. The van der Waals surface area contributed by atoms with Crippen LogP contribution in [-0.2, 0) is 11.3 Å². The zero-order valence-electron chi connectivity index (χ0n) is 16.7. The van der Waals surface area contributed by atoms with E-state index in [1.54, 1.807) is 36.2 Å². The summed E-state index contributed by atoms with van der Waals surface area (Å²) in [5, 5.41) is 3.27. The number of hydrogen-bond donors (Lipinski definition) is 1. The lowest BCUT2D eigenvalue weighted by Crippen LogP contribution is -2.34. The van der Waals surface area contributed by atoms with Gasteiger partial charge in [0, 0.05) is 28.5 Å². The SMILES string of the molecule is C=CCn1c(C)cc(C(=O)CN(C)CC(=O)Nc2cc(Cl)ccc2OC)c1C. The topological polar surface area (TPSA) is 63.6 Å². The zero-order valence-corrected chi connectivity index (χ0v) is 17.5. The van der Waals surface area contributed by atoms with Gasteiger partial charge in [0.1, 0.15) is 5.75 Å². The molecule has 1 amide bonds. The number of likely N-dealkylation sites (N-methyl/N-ethyl adjacent to an activating group) is 1. The molecule has 0 atom stereocenters. The lowest BCUT2D eigenvalue weighted by molar-refractivity contribution is -0.116. The van der Waals surface area contributed by atoms with Crippen molar-refractivity contribution < 1.29 is 14.3 Å². The first-order valence-corrected chi connectivity index (χ1v) is 9.27. The normalized spacial score (nSPS) is 10.8. The van der Waals surface area contributed by atoms with Crippen LogP contribution in [-0.4, -0.2) is 48.4 Å². The number of hydrogen-bond acceptors (Lipinski definition) is 4. The van der Waals surface area contributed by atoms with Gasteiger partial charge < -0.3 is 14.6 Å². The van der Waals surface area contributed by atoms with Gasteiger partial charge in [-0.25, -0.2) is 0 Å².